The molecule has 1 fully saturated rings. The molecule has 1 aliphatic rings. The summed E-state index contributed by atoms with van der Waals surface area (Å²) in [6, 6.07) is 7.54. The number of methoxy groups -OCH3 is 1. The number of rotatable bonds is 2. The van der Waals surface area contributed by atoms with Crippen molar-refractivity contribution in [1.82, 2.24) is 0 Å². The third-order valence-electron chi connectivity index (χ3n) is 2.83. The van der Waals surface area contributed by atoms with E-state index in [2.05, 4.69) is 0 Å². The predicted molar refractivity (Wildman–Crippen MR) is 56.9 cm³/mol. The average Bonchev–Trinajstić information content (AvgIpc) is 2.30. The Morgan fingerprint density at radius 1 is 1.47 bits per heavy atom. The third kappa shape index (κ3) is 2.13. The molecule has 1 aliphatic heterocycles. The van der Waals surface area contributed by atoms with Crippen LogP contribution in [0.5, 0.6) is 5.75 Å². The summed E-state index contributed by atoms with van der Waals surface area (Å²) in [6.07, 6.45) is 1.65. The maximum atomic E-state index is 10.4. The Morgan fingerprint density at radius 2 is 2.33 bits per heavy atom. The van der Waals surface area contributed by atoms with Crippen LogP contribution in [0, 0.1) is 0 Å². The van der Waals surface area contributed by atoms with E-state index >= 15 is 0 Å². The summed E-state index contributed by atoms with van der Waals surface area (Å²) >= 11 is 0. The Morgan fingerprint density at radius 3 is 3.00 bits per heavy atom. The smallest absolute Gasteiger partial charge is 0.119 e. The standard InChI is InChI=1S/C12H16O3/c1-14-11-5-2-4-10(8-11)12(13)6-3-7-15-9-12/h2,4-5,8,13H,3,6-7,9H2,1H3. The van der Waals surface area contributed by atoms with Gasteiger partial charge in [0.05, 0.1) is 13.7 Å². The molecule has 15 heavy (non-hydrogen) atoms. The Kier molecular flexibility index (Phi) is 2.93. The highest BCUT2D eigenvalue weighted by molar-refractivity contribution is 5.32. The molecule has 0 radical (unpaired) electrons. The van der Waals surface area contributed by atoms with Crippen molar-refractivity contribution in [3.63, 3.8) is 0 Å². The molecule has 1 aromatic carbocycles. The normalized spacial score (nSPS) is 26.3. The highest BCUT2D eigenvalue weighted by Crippen LogP contribution is 2.31. The Bertz CT molecular complexity index is 329. The Hall–Kier alpha value is -1.06. The Labute approximate surface area is 89.6 Å². The molecule has 0 amide bonds. The molecule has 82 valence electrons. The van der Waals surface area contributed by atoms with Crippen LogP contribution in [0.4, 0.5) is 0 Å². The van der Waals surface area contributed by atoms with Crippen molar-refractivity contribution in [3.8, 4) is 5.75 Å². The molecule has 0 spiro atoms. The van der Waals surface area contributed by atoms with Gasteiger partial charge >= 0.3 is 0 Å². The summed E-state index contributed by atoms with van der Waals surface area (Å²) in [5.74, 6) is 0.770. The van der Waals surface area contributed by atoms with Crippen molar-refractivity contribution in [2.75, 3.05) is 20.3 Å². The van der Waals surface area contributed by atoms with Gasteiger partial charge in [-0.05, 0) is 30.5 Å². The zero-order valence-electron chi connectivity index (χ0n) is 8.90. The molecule has 1 N–H and O–H groups in total. The molecule has 2 rings (SSSR count). The van der Waals surface area contributed by atoms with E-state index in [1.54, 1.807) is 7.11 Å². The fourth-order valence-corrected chi connectivity index (χ4v) is 1.92. The largest absolute Gasteiger partial charge is 0.497 e. The van der Waals surface area contributed by atoms with E-state index in [4.69, 9.17) is 9.47 Å². The van der Waals surface area contributed by atoms with Crippen LogP contribution in [0.25, 0.3) is 0 Å². The van der Waals surface area contributed by atoms with E-state index in [0.717, 1.165) is 30.8 Å². The van der Waals surface area contributed by atoms with Gasteiger partial charge in [-0.3, -0.25) is 0 Å². The molecular formula is C12H16O3. The van der Waals surface area contributed by atoms with Gasteiger partial charge in [0, 0.05) is 6.61 Å². The van der Waals surface area contributed by atoms with Crippen molar-refractivity contribution in [1.29, 1.82) is 0 Å². The van der Waals surface area contributed by atoms with Gasteiger partial charge in [-0.15, -0.1) is 0 Å². The van der Waals surface area contributed by atoms with E-state index in [9.17, 15) is 5.11 Å². The second-order valence-electron chi connectivity index (χ2n) is 3.92. The van der Waals surface area contributed by atoms with Crippen molar-refractivity contribution >= 4 is 0 Å². The number of benzene rings is 1. The summed E-state index contributed by atoms with van der Waals surface area (Å²) in [5, 5.41) is 10.4. The van der Waals surface area contributed by atoms with Gasteiger partial charge in [0.25, 0.3) is 0 Å². The van der Waals surface area contributed by atoms with Crippen molar-refractivity contribution < 1.29 is 14.6 Å². The van der Waals surface area contributed by atoms with E-state index in [0.29, 0.717) is 6.61 Å². The summed E-state index contributed by atoms with van der Waals surface area (Å²) in [6.45, 7) is 1.12. The van der Waals surface area contributed by atoms with Gasteiger partial charge < -0.3 is 14.6 Å². The molecule has 1 aromatic rings. The van der Waals surface area contributed by atoms with Crippen LogP contribution in [0.3, 0.4) is 0 Å². The fourth-order valence-electron chi connectivity index (χ4n) is 1.92. The molecule has 3 heteroatoms. The molecular weight excluding hydrogens is 192 g/mol. The topological polar surface area (TPSA) is 38.7 Å². The van der Waals surface area contributed by atoms with Gasteiger partial charge in [0.15, 0.2) is 0 Å². The number of hydrogen-bond acceptors (Lipinski definition) is 3. The van der Waals surface area contributed by atoms with Gasteiger partial charge in [0.2, 0.25) is 0 Å². The maximum absolute atomic E-state index is 10.4. The third-order valence-corrected chi connectivity index (χ3v) is 2.83. The molecule has 1 heterocycles. The zero-order valence-corrected chi connectivity index (χ0v) is 8.90. The molecule has 1 unspecified atom stereocenters. The van der Waals surface area contributed by atoms with Crippen LogP contribution in [0.2, 0.25) is 0 Å². The molecule has 1 atom stereocenters. The minimum Gasteiger partial charge on any atom is -0.497 e. The fraction of sp³-hybridized carbons (Fsp3) is 0.500. The monoisotopic (exact) mass is 208 g/mol. The van der Waals surface area contributed by atoms with Crippen LogP contribution in [-0.2, 0) is 10.3 Å². The van der Waals surface area contributed by atoms with E-state index < -0.39 is 5.60 Å². The van der Waals surface area contributed by atoms with E-state index in [1.165, 1.54) is 0 Å². The van der Waals surface area contributed by atoms with Crippen molar-refractivity contribution in [3.05, 3.63) is 29.8 Å². The summed E-state index contributed by atoms with van der Waals surface area (Å²) in [7, 11) is 1.63. The van der Waals surface area contributed by atoms with Crippen molar-refractivity contribution in [2.24, 2.45) is 0 Å². The molecule has 0 aliphatic carbocycles. The van der Waals surface area contributed by atoms with Gasteiger partial charge in [-0.1, -0.05) is 12.1 Å². The first-order chi connectivity index (χ1) is 7.24. The van der Waals surface area contributed by atoms with Crippen LogP contribution < -0.4 is 4.74 Å². The zero-order chi connectivity index (χ0) is 10.7. The van der Waals surface area contributed by atoms with Gasteiger partial charge in [-0.2, -0.15) is 0 Å². The van der Waals surface area contributed by atoms with Gasteiger partial charge in [-0.25, -0.2) is 0 Å². The van der Waals surface area contributed by atoms with Crippen LogP contribution >= 0.6 is 0 Å². The van der Waals surface area contributed by atoms with Gasteiger partial charge in [0.1, 0.15) is 11.4 Å². The lowest BCUT2D eigenvalue weighted by molar-refractivity contribution is -0.0903. The second kappa shape index (κ2) is 4.21. The van der Waals surface area contributed by atoms with E-state index in [1.807, 2.05) is 24.3 Å². The first-order valence-corrected chi connectivity index (χ1v) is 5.19. The Balaban J connectivity index is 2.26. The maximum Gasteiger partial charge on any atom is 0.119 e. The van der Waals surface area contributed by atoms with E-state index in [-0.39, 0.29) is 0 Å². The molecule has 0 bridgehead atoms. The number of hydrogen-bond donors (Lipinski definition) is 1. The van der Waals surface area contributed by atoms with Crippen LogP contribution in [-0.4, -0.2) is 25.4 Å². The minimum atomic E-state index is -0.840. The minimum absolute atomic E-state index is 0.375. The lowest BCUT2D eigenvalue weighted by Crippen LogP contribution is -2.35. The summed E-state index contributed by atoms with van der Waals surface area (Å²) in [5.41, 5.74) is 0.0359. The first kappa shape index (κ1) is 10.5. The molecule has 3 nitrogen and oxygen atoms in total. The highest BCUT2D eigenvalue weighted by Gasteiger charge is 2.32. The van der Waals surface area contributed by atoms with Crippen LogP contribution in [0.1, 0.15) is 18.4 Å². The molecule has 0 aromatic heterocycles. The SMILES string of the molecule is COc1cccc(C2(O)CCCOC2)c1. The lowest BCUT2D eigenvalue weighted by atomic mass is 9.88. The predicted octanol–water partition coefficient (Wildman–Crippen LogP) is 1.69. The van der Waals surface area contributed by atoms with Crippen LogP contribution in [0.15, 0.2) is 24.3 Å². The second-order valence-corrected chi connectivity index (χ2v) is 3.92. The highest BCUT2D eigenvalue weighted by atomic mass is 16.5. The number of ether oxygens (including phenoxy) is 2. The summed E-state index contributed by atoms with van der Waals surface area (Å²) < 4.78 is 10.5. The summed E-state index contributed by atoms with van der Waals surface area (Å²) in [4.78, 5) is 0. The molecule has 1 saturated heterocycles. The number of aliphatic hydroxyl groups is 1. The lowest BCUT2D eigenvalue weighted by Gasteiger charge is -2.32. The quantitative estimate of drug-likeness (QED) is 0.803. The average molecular weight is 208 g/mol. The first-order valence-electron chi connectivity index (χ1n) is 5.19. The van der Waals surface area contributed by atoms with Crippen molar-refractivity contribution in [2.45, 2.75) is 18.4 Å². The molecule has 0 saturated carbocycles.